The number of phosphoric acid groups is 1. The molecule has 2 aromatic carbocycles. The van der Waals surface area contributed by atoms with Crippen LogP contribution in [0.5, 0.6) is 0 Å². The lowest BCUT2D eigenvalue weighted by Gasteiger charge is -2.36. The van der Waals surface area contributed by atoms with Crippen LogP contribution in [0.25, 0.3) is 0 Å². The van der Waals surface area contributed by atoms with Crippen LogP contribution in [0.3, 0.4) is 0 Å². The van der Waals surface area contributed by atoms with Crippen molar-refractivity contribution in [2.75, 3.05) is 6.73 Å². The molecule has 2 aliphatic rings. The van der Waals surface area contributed by atoms with Gasteiger partial charge in [0.05, 0.1) is 6.04 Å². The molecule has 2 aromatic rings. The molecule has 1 fully saturated rings. The van der Waals surface area contributed by atoms with Crippen molar-refractivity contribution < 1.29 is 47.1 Å². The highest BCUT2D eigenvalue weighted by Crippen LogP contribution is 2.39. The molecule has 2 aliphatic heterocycles. The van der Waals surface area contributed by atoms with Crippen LogP contribution in [-0.4, -0.2) is 55.2 Å². The lowest BCUT2D eigenvalue weighted by molar-refractivity contribution is -0.160. The van der Waals surface area contributed by atoms with Crippen LogP contribution in [-0.2, 0) is 42.5 Å². The van der Waals surface area contributed by atoms with Crippen molar-refractivity contribution >= 4 is 37.1 Å². The number of piperidine rings is 1. The van der Waals surface area contributed by atoms with E-state index in [2.05, 4.69) is 9.84 Å². The van der Waals surface area contributed by atoms with E-state index in [-0.39, 0.29) is 31.0 Å². The number of nitrogens with one attached hydrogen (secondary N) is 1. The minimum Gasteiger partial charge on any atom is -0.374 e. The van der Waals surface area contributed by atoms with E-state index in [9.17, 15) is 32.8 Å². The van der Waals surface area contributed by atoms with Gasteiger partial charge in [0, 0.05) is 30.1 Å². The maximum absolute atomic E-state index is 14.5. The van der Waals surface area contributed by atoms with Crippen molar-refractivity contribution in [2.24, 2.45) is 0 Å². The molecule has 204 valence electrons. The second-order valence-electron chi connectivity index (χ2n) is 8.81. The molecule has 1 saturated heterocycles. The number of halogens is 3. The van der Waals surface area contributed by atoms with Gasteiger partial charge in [0.2, 0.25) is 11.8 Å². The van der Waals surface area contributed by atoms with E-state index in [0.717, 1.165) is 12.1 Å². The van der Waals surface area contributed by atoms with Crippen LogP contribution in [0.4, 0.5) is 8.78 Å². The van der Waals surface area contributed by atoms with Crippen LogP contribution in [0, 0.1) is 0 Å². The van der Waals surface area contributed by atoms with Gasteiger partial charge in [-0.1, -0.05) is 41.9 Å². The number of carbonyl (C=O) groups is 3. The van der Waals surface area contributed by atoms with Gasteiger partial charge in [-0.15, -0.1) is 0 Å². The third-order valence-corrected chi connectivity index (χ3v) is 7.04. The van der Waals surface area contributed by atoms with Crippen molar-refractivity contribution in [3.05, 3.63) is 69.7 Å². The zero-order valence-electron chi connectivity index (χ0n) is 19.6. The van der Waals surface area contributed by atoms with Gasteiger partial charge in [0.15, 0.2) is 0 Å². The molecule has 0 aliphatic carbocycles. The molecule has 15 heteroatoms. The number of aliphatic hydroxyl groups is 1. The molecule has 3 amide bonds. The van der Waals surface area contributed by atoms with E-state index in [0.29, 0.717) is 21.6 Å². The highest BCUT2D eigenvalue weighted by molar-refractivity contribution is 7.46. The number of carbonyl (C=O) groups excluding carboxylic acids is 3. The zero-order valence-corrected chi connectivity index (χ0v) is 21.2. The number of phosphoric ester groups is 1. The molecule has 11 nitrogen and oxygen atoms in total. The molecule has 0 bridgehead atoms. The standard InChI is InChI=1S/C23H23ClF2N3O8P/c24-16-4-2-15(3-5-16)23(25,26)22(33)27-10-13-1-6-17-14(9-13)11-28(20(17)31)18-7-8-19(30)29(21(18)32)12-37-38(34,35)36/h1-6,9,18,20,31H,7-8,10-12H2,(H,27,33)(H2,34,35,36). The Bertz CT molecular complexity index is 1310. The Kier molecular flexibility index (Phi) is 8.01. The van der Waals surface area contributed by atoms with Gasteiger partial charge in [-0.05, 0) is 35.2 Å². The van der Waals surface area contributed by atoms with E-state index in [1.54, 1.807) is 18.2 Å². The van der Waals surface area contributed by atoms with Crippen molar-refractivity contribution in [3.8, 4) is 0 Å². The van der Waals surface area contributed by atoms with Gasteiger partial charge in [-0.25, -0.2) is 4.57 Å². The lowest BCUT2D eigenvalue weighted by Crippen LogP contribution is -2.54. The van der Waals surface area contributed by atoms with Gasteiger partial charge in [-0.2, -0.15) is 8.78 Å². The molecule has 4 rings (SSSR count). The summed E-state index contributed by atoms with van der Waals surface area (Å²) in [4.78, 5) is 57.0. The monoisotopic (exact) mass is 573 g/mol. The van der Waals surface area contributed by atoms with Gasteiger partial charge in [0.1, 0.15) is 13.0 Å². The maximum atomic E-state index is 14.5. The predicted molar refractivity (Wildman–Crippen MR) is 127 cm³/mol. The smallest absolute Gasteiger partial charge is 0.374 e. The minimum absolute atomic E-state index is 0.0665. The van der Waals surface area contributed by atoms with Gasteiger partial charge >= 0.3 is 13.7 Å². The molecular weight excluding hydrogens is 551 g/mol. The topological polar surface area (TPSA) is 157 Å². The Morgan fingerprint density at radius 3 is 2.53 bits per heavy atom. The number of imide groups is 1. The molecule has 2 unspecified atom stereocenters. The molecule has 0 spiro atoms. The number of hydrogen-bond acceptors (Lipinski definition) is 7. The highest BCUT2D eigenvalue weighted by atomic mass is 35.5. The van der Waals surface area contributed by atoms with Gasteiger partial charge in [0.25, 0.3) is 5.91 Å². The van der Waals surface area contributed by atoms with Crippen LogP contribution < -0.4 is 5.32 Å². The number of benzene rings is 2. The summed E-state index contributed by atoms with van der Waals surface area (Å²) in [6.07, 6.45) is -1.27. The maximum Gasteiger partial charge on any atom is 0.471 e. The van der Waals surface area contributed by atoms with Crippen LogP contribution in [0.15, 0.2) is 42.5 Å². The fraction of sp³-hybridized carbons (Fsp3) is 0.348. The van der Waals surface area contributed by atoms with Crippen molar-refractivity contribution in [1.29, 1.82) is 0 Å². The average molecular weight is 574 g/mol. The number of aliphatic hydroxyl groups excluding tert-OH is 1. The third kappa shape index (κ3) is 5.94. The summed E-state index contributed by atoms with van der Waals surface area (Å²) < 4.78 is 44.3. The second-order valence-corrected chi connectivity index (χ2v) is 10.5. The number of alkyl halides is 2. The summed E-state index contributed by atoms with van der Waals surface area (Å²) >= 11 is 5.71. The zero-order chi connectivity index (χ0) is 27.8. The second kappa shape index (κ2) is 10.8. The molecule has 38 heavy (non-hydrogen) atoms. The van der Waals surface area contributed by atoms with E-state index >= 15 is 0 Å². The number of hydrogen-bond donors (Lipinski definition) is 4. The number of likely N-dealkylation sites (tertiary alicyclic amines) is 1. The number of nitrogens with zero attached hydrogens (tertiary/aromatic N) is 2. The summed E-state index contributed by atoms with van der Waals surface area (Å²) in [5, 5.41) is 13.3. The summed E-state index contributed by atoms with van der Waals surface area (Å²) in [7, 11) is -4.93. The van der Waals surface area contributed by atoms with E-state index in [1.807, 2.05) is 0 Å². The lowest BCUT2D eigenvalue weighted by atomic mass is 10.0. The third-order valence-electron chi connectivity index (χ3n) is 6.34. The van der Waals surface area contributed by atoms with Crippen molar-refractivity contribution in [1.82, 2.24) is 15.1 Å². The van der Waals surface area contributed by atoms with E-state index < -0.39 is 56.0 Å². The summed E-state index contributed by atoms with van der Waals surface area (Å²) in [5.41, 5.74) is 0.994. The molecular formula is C23H23ClF2N3O8P. The first-order valence-corrected chi connectivity index (χ1v) is 13.2. The molecule has 0 saturated carbocycles. The summed E-state index contributed by atoms with van der Waals surface area (Å²) in [6.45, 7) is -1.09. The Balaban J connectivity index is 1.42. The fourth-order valence-corrected chi connectivity index (χ4v) is 4.77. The SMILES string of the molecule is O=C1CCC(N2Cc3cc(CNC(=O)C(F)(F)c4ccc(Cl)cc4)ccc3C2O)C(=O)N1COP(=O)(O)O. The van der Waals surface area contributed by atoms with Crippen LogP contribution in [0.1, 0.15) is 41.3 Å². The largest absolute Gasteiger partial charge is 0.471 e. The van der Waals surface area contributed by atoms with E-state index in [1.165, 1.54) is 17.0 Å². The molecule has 2 heterocycles. The first-order valence-electron chi connectivity index (χ1n) is 11.3. The minimum atomic E-state index is -4.93. The highest BCUT2D eigenvalue weighted by Gasteiger charge is 2.44. The van der Waals surface area contributed by atoms with Crippen molar-refractivity contribution in [3.63, 3.8) is 0 Å². The number of amides is 3. The first kappa shape index (κ1) is 28.2. The van der Waals surface area contributed by atoms with Gasteiger partial charge < -0.3 is 20.2 Å². The molecule has 0 aromatic heterocycles. The number of fused-ring (bicyclic) bond motifs is 1. The molecule has 2 atom stereocenters. The summed E-state index contributed by atoms with van der Waals surface area (Å²) in [6, 6.07) is 8.35. The van der Waals surface area contributed by atoms with E-state index in [4.69, 9.17) is 21.4 Å². The normalized spacial score (nSPS) is 20.5. The van der Waals surface area contributed by atoms with Crippen LogP contribution >= 0.6 is 19.4 Å². The Labute approximate surface area is 220 Å². The van der Waals surface area contributed by atoms with Crippen LogP contribution in [0.2, 0.25) is 5.02 Å². The average Bonchev–Trinajstić information content (AvgIpc) is 3.17. The first-order chi connectivity index (χ1) is 17.8. The summed E-state index contributed by atoms with van der Waals surface area (Å²) in [5.74, 6) is -6.74. The Hall–Kier alpha value is -2.77. The van der Waals surface area contributed by atoms with Gasteiger partial charge in [-0.3, -0.25) is 28.7 Å². The number of rotatable bonds is 8. The Morgan fingerprint density at radius 2 is 1.87 bits per heavy atom. The molecule has 4 N–H and O–H groups in total. The fourth-order valence-electron chi connectivity index (χ4n) is 4.38. The molecule has 0 radical (unpaired) electrons. The predicted octanol–water partition coefficient (Wildman–Crippen LogP) is 2.14. The quantitative estimate of drug-likeness (QED) is 0.274. The Morgan fingerprint density at radius 1 is 1.18 bits per heavy atom. The van der Waals surface area contributed by atoms with Crippen molar-refractivity contribution in [2.45, 2.75) is 44.1 Å².